The van der Waals surface area contributed by atoms with E-state index in [1.807, 2.05) is 54.2 Å². The van der Waals surface area contributed by atoms with Crippen LogP contribution in [0.2, 0.25) is 0 Å². The molecule has 1 fully saturated rings. The summed E-state index contributed by atoms with van der Waals surface area (Å²) in [5, 5.41) is 7.86. The summed E-state index contributed by atoms with van der Waals surface area (Å²) in [6.45, 7) is 3.20. The van der Waals surface area contributed by atoms with E-state index < -0.39 is 0 Å². The lowest BCUT2D eigenvalue weighted by atomic mass is 10.0. The number of nitrogens with zero attached hydrogens (tertiary/aromatic N) is 4. The summed E-state index contributed by atoms with van der Waals surface area (Å²) in [5.41, 5.74) is 1.15. The van der Waals surface area contributed by atoms with E-state index in [1.165, 1.54) is 0 Å². The minimum Gasteiger partial charge on any atom is -0.423 e. The fourth-order valence-corrected chi connectivity index (χ4v) is 2.98. The lowest BCUT2D eigenvalue weighted by Crippen LogP contribution is -2.51. The lowest BCUT2D eigenvalue weighted by Gasteiger charge is -2.35. The van der Waals surface area contributed by atoms with Gasteiger partial charge in [0.25, 0.3) is 0 Å². The van der Waals surface area contributed by atoms with Gasteiger partial charge in [0.1, 0.15) is 0 Å². The molecule has 7 heteroatoms. The Labute approximate surface area is 147 Å². The van der Waals surface area contributed by atoms with Gasteiger partial charge in [0.2, 0.25) is 17.7 Å². The summed E-state index contributed by atoms with van der Waals surface area (Å²) in [6.07, 6.45) is 0.312. The van der Waals surface area contributed by atoms with Gasteiger partial charge in [-0.2, -0.15) is 0 Å². The zero-order chi connectivity index (χ0) is 17.8. The molecule has 1 aliphatic heterocycles. The number of likely N-dealkylation sites (N-methyl/N-ethyl adjacent to an activating group) is 1. The quantitative estimate of drug-likeness (QED) is 0.818. The van der Waals surface area contributed by atoms with Crippen LogP contribution < -0.4 is 0 Å². The molecular formula is C18H24N4O3. The topological polar surface area (TPSA) is 71.7 Å². The van der Waals surface area contributed by atoms with Gasteiger partial charge < -0.3 is 14.1 Å². The Morgan fingerprint density at radius 2 is 2.08 bits per heavy atom. The van der Waals surface area contributed by atoms with Crippen molar-refractivity contribution in [3.63, 3.8) is 0 Å². The highest BCUT2D eigenvalue weighted by Gasteiger charge is 2.33. The molecule has 0 bridgehead atoms. The van der Waals surface area contributed by atoms with Gasteiger partial charge in [-0.3, -0.25) is 9.69 Å². The van der Waals surface area contributed by atoms with E-state index in [1.54, 1.807) is 6.92 Å². The number of carbonyl (C=O) groups excluding carboxylic acids is 1. The van der Waals surface area contributed by atoms with Gasteiger partial charge in [0.15, 0.2) is 6.10 Å². The Bertz CT molecular complexity index is 701. The highest BCUT2D eigenvalue weighted by Crippen LogP contribution is 2.22. The number of ether oxygens (including phenoxy) is 1. The van der Waals surface area contributed by atoms with Gasteiger partial charge in [-0.1, -0.05) is 30.3 Å². The summed E-state index contributed by atoms with van der Waals surface area (Å²) in [5.74, 6) is 1.02. The first-order valence-corrected chi connectivity index (χ1v) is 8.45. The van der Waals surface area contributed by atoms with Crippen LogP contribution in [0, 0.1) is 6.92 Å². The minimum atomic E-state index is -0.363. The second-order valence-electron chi connectivity index (χ2n) is 6.47. The smallest absolute Gasteiger partial charge is 0.246 e. The third kappa shape index (κ3) is 4.24. The second-order valence-corrected chi connectivity index (χ2v) is 6.47. The van der Waals surface area contributed by atoms with E-state index in [2.05, 4.69) is 10.2 Å². The number of benzene rings is 1. The normalized spacial score (nSPS) is 19.2. The first-order valence-electron chi connectivity index (χ1n) is 8.45. The van der Waals surface area contributed by atoms with Crippen molar-refractivity contribution in [3.8, 4) is 0 Å². The van der Waals surface area contributed by atoms with Crippen molar-refractivity contribution in [1.29, 1.82) is 0 Å². The maximum Gasteiger partial charge on any atom is 0.246 e. The highest BCUT2D eigenvalue weighted by atomic mass is 16.5. The number of hydrogen-bond acceptors (Lipinski definition) is 6. The zero-order valence-electron chi connectivity index (χ0n) is 14.9. The molecule has 2 aromatic rings. The molecule has 1 aromatic heterocycles. The molecule has 1 aliphatic rings. The van der Waals surface area contributed by atoms with Crippen molar-refractivity contribution in [3.05, 3.63) is 47.7 Å². The number of rotatable bonds is 5. The number of aromatic nitrogens is 2. The van der Waals surface area contributed by atoms with Crippen molar-refractivity contribution >= 4 is 5.91 Å². The monoisotopic (exact) mass is 344 g/mol. The summed E-state index contributed by atoms with van der Waals surface area (Å²) in [6, 6.07) is 9.85. The van der Waals surface area contributed by atoms with E-state index in [9.17, 15) is 4.79 Å². The number of aryl methyl sites for hydroxylation is 1. The van der Waals surface area contributed by atoms with Crippen LogP contribution >= 0.6 is 0 Å². The van der Waals surface area contributed by atoms with Crippen LogP contribution in [0.15, 0.2) is 34.7 Å². The third-order valence-electron chi connectivity index (χ3n) is 4.38. The SMILES string of the molecule is Cc1nnc([C@H]2CN(C(=O)[C@H](Cc3ccccc3)N(C)C)CCO2)o1. The highest BCUT2D eigenvalue weighted by molar-refractivity contribution is 5.82. The Hall–Kier alpha value is -2.25. The average Bonchev–Trinajstić information content (AvgIpc) is 3.06. The summed E-state index contributed by atoms with van der Waals surface area (Å²) < 4.78 is 11.2. The number of morpholine rings is 1. The fraction of sp³-hybridized carbons (Fsp3) is 0.500. The summed E-state index contributed by atoms with van der Waals surface area (Å²) in [4.78, 5) is 16.9. The van der Waals surface area contributed by atoms with Gasteiger partial charge in [0, 0.05) is 13.5 Å². The maximum absolute atomic E-state index is 13.1. The van der Waals surface area contributed by atoms with Gasteiger partial charge in [0.05, 0.1) is 19.2 Å². The number of amides is 1. The number of hydrogen-bond donors (Lipinski definition) is 0. The van der Waals surface area contributed by atoms with Gasteiger partial charge in [-0.15, -0.1) is 10.2 Å². The molecule has 1 saturated heterocycles. The van der Waals surface area contributed by atoms with E-state index in [4.69, 9.17) is 9.15 Å². The molecule has 25 heavy (non-hydrogen) atoms. The molecule has 7 nitrogen and oxygen atoms in total. The summed E-state index contributed by atoms with van der Waals surface area (Å²) in [7, 11) is 3.87. The number of carbonyl (C=O) groups is 1. The van der Waals surface area contributed by atoms with Crippen molar-refractivity contribution in [2.75, 3.05) is 33.8 Å². The standard InChI is InChI=1S/C18H24N4O3/c1-13-19-20-17(25-13)16-12-22(9-10-24-16)18(23)15(21(2)3)11-14-7-5-4-6-8-14/h4-8,15-16H,9-12H2,1-3H3/t15-,16+/m0/s1. The molecule has 3 rings (SSSR count). The van der Waals surface area contributed by atoms with Crippen LogP contribution in [-0.4, -0.2) is 65.7 Å². The fourth-order valence-electron chi connectivity index (χ4n) is 2.98. The van der Waals surface area contributed by atoms with Gasteiger partial charge >= 0.3 is 0 Å². The Morgan fingerprint density at radius 1 is 1.32 bits per heavy atom. The van der Waals surface area contributed by atoms with E-state index >= 15 is 0 Å². The van der Waals surface area contributed by atoms with E-state index in [0.717, 1.165) is 5.56 Å². The zero-order valence-corrected chi connectivity index (χ0v) is 14.9. The Kier molecular flexibility index (Phi) is 5.45. The first kappa shape index (κ1) is 17.6. The van der Waals surface area contributed by atoms with Crippen LogP contribution in [0.25, 0.3) is 0 Å². The van der Waals surface area contributed by atoms with Crippen LogP contribution in [0.5, 0.6) is 0 Å². The van der Waals surface area contributed by atoms with Crippen LogP contribution in [-0.2, 0) is 16.0 Å². The Morgan fingerprint density at radius 3 is 2.72 bits per heavy atom. The second kappa shape index (κ2) is 7.76. The van der Waals surface area contributed by atoms with Crippen LogP contribution in [0.1, 0.15) is 23.4 Å². The third-order valence-corrected chi connectivity index (χ3v) is 4.38. The molecule has 0 unspecified atom stereocenters. The van der Waals surface area contributed by atoms with Crippen molar-refractivity contribution in [2.45, 2.75) is 25.5 Å². The van der Waals surface area contributed by atoms with Gasteiger partial charge in [-0.05, 0) is 26.1 Å². The van der Waals surface area contributed by atoms with Crippen LogP contribution in [0.4, 0.5) is 0 Å². The van der Waals surface area contributed by atoms with Gasteiger partial charge in [-0.25, -0.2) is 0 Å². The lowest BCUT2D eigenvalue weighted by molar-refractivity contribution is -0.144. The van der Waals surface area contributed by atoms with Crippen molar-refractivity contribution in [2.24, 2.45) is 0 Å². The van der Waals surface area contributed by atoms with E-state index in [-0.39, 0.29) is 18.1 Å². The molecule has 0 saturated carbocycles. The molecular weight excluding hydrogens is 320 g/mol. The van der Waals surface area contributed by atoms with Crippen molar-refractivity contribution < 1.29 is 13.9 Å². The molecule has 1 amide bonds. The first-order chi connectivity index (χ1) is 12.0. The van der Waals surface area contributed by atoms with Crippen molar-refractivity contribution in [1.82, 2.24) is 20.0 Å². The van der Waals surface area contributed by atoms with E-state index in [0.29, 0.717) is 37.9 Å². The maximum atomic E-state index is 13.1. The molecule has 2 heterocycles. The molecule has 0 aliphatic carbocycles. The summed E-state index contributed by atoms with van der Waals surface area (Å²) >= 11 is 0. The minimum absolute atomic E-state index is 0.0957. The molecule has 0 radical (unpaired) electrons. The molecule has 0 N–H and O–H groups in total. The Balaban J connectivity index is 1.70. The predicted molar refractivity (Wildman–Crippen MR) is 91.9 cm³/mol. The predicted octanol–water partition coefficient (Wildman–Crippen LogP) is 1.45. The largest absolute Gasteiger partial charge is 0.423 e. The molecule has 0 spiro atoms. The molecule has 2 atom stereocenters. The molecule has 1 aromatic carbocycles. The van der Waals surface area contributed by atoms with Crippen LogP contribution in [0.3, 0.4) is 0 Å². The molecule has 134 valence electrons. The average molecular weight is 344 g/mol.